The van der Waals surface area contributed by atoms with Crippen molar-refractivity contribution in [3.8, 4) is 10.8 Å². The fourth-order valence-electron chi connectivity index (χ4n) is 3.52. The lowest BCUT2D eigenvalue weighted by molar-refractivity contribution is -0.225. The topological polar surface area (TPSA) is 121 Å². The fraction of sp³-hybridized carbons (Fsp3) is 0.400. The summed E-state index contributed by atoms with van der Waals surface area (Å²) in [6.45, 7) is 1.86. The molecule has 0 aliphatic carbocycles. The summed E-state index contributed by atoms with van der Waals surface area (Å²) in [6, 6.07) is 5.33. The minimum atomic E-state index is -1.28. The van der Waals surface area contributed by atoms with Crippen LogP contribution in [0.4, 0.5) is 0 Å². The Hall–Kier alpha value is -2.01. The van der Waals surface area contributed by atoms with E-state index in [0.29, 0.717) is 34.3 Å². The van der Waals surface area contributed by atoms with Gasteiger partial charge in [0, 0.05) is 23.8 Å². The molecule has 10 heteroatoms. The van der Waals surface area contributed by atoms with Crippen LogP contribution < -0.4 is 0 Å². The molecule has 30 heavy (non-hydrogen) atoms. The smallest absolute Gasteiger partial charge is 0.190 e. The number of benzene rings is 1. The molecule has 0 bridgehead atoms. The molecule has 4 rings (SSSR count). The van der Waals surface area contributed by atoms with Gasteiger partial charge in [0.2, 0.25) is 0 Å². The van der Waals surface area contributed by atoms with Crippen LogP contribution in [0.25, 0.3) is 10.8 Å². The van der Waals surface area contributed by atoms with Crippen molar-refractivity contribution >= 4 is 22.9 Å². The second-order valence-corrected chi connectivity index (χ2v) is 8.40. The Morgan fingerprint density at radius 1 is 1.10 bits per heavy atom. The predicted molar refractivity (Wildman–Crippen MR) is 111 cm³/mol. The molecule has 158 valence electrons. The predicted octanol–water partition coefficient (Wildman–Crippen LogP) is 2.17. The van der Waals surface area contributed by atoms with Gasteiger partial charge in [-0.2, -0.15) is 0 Å². The summed E-state index contributed by atoms with van der Waals surface area (Å²) < 4.78 is 5.88. The first kappa shape index (κ1) is 21.2. The molecule has 1 aliphatic heterocycles. The third kappa shape index (κ3) is 4.22. The molecular formula is C20H21ClN4O4S. The molecule has 0 radical (unpaired) electrons. The zero-order chi connectivity index (χ0) is 21.3. The molecule has 0 amide bonds. The van der Waals surface area contributed by atoms with Crippen molar-refractivity contribution in [2.24, 2.45) is 0 Å². The first-order chi connectivity index (χ1) is 14.5. The fourth-order valence-corrected chi connectivity index (χ4v) is 4.20. The van der Waals surface area contributed by atoms with Gasteiger partial charge in [0.1, 0.15) is 29.9 Å². The lowest BCUT2D eigenvalue weighted by atomic mass is 9.89. The molecule has 3 aromatic rings. The average Bonchev–Trinajstić information content (AvgIpc) is 3.30. The van der Waals surface area contributed by atoms with Crippen LogP contribution in [-0.4, -0.2) is 59.9 Å². The molecule has 5 atom stereocenters. The van der Waals surface area contributed by atoms with Crippen LogP contribution in [0.3, 0.4) is 0 Å². The van der Waals surface area contributed by atoms with E-state index >= 15 is 0 Å². The largest absolute Gasteiger partial charge is 0.388 e. The van der Waals surface area contributed by atoms with Crippen molar-refractivity contribution in [1.29, 1.82) is 0 Å². The second-order valence-electron chi connectivity index (χ2n) is 7.16. The molecule has 1 fully saturated rings. The van der Waals surface area contributed by atoms with Gasteiger partial charge in [-0.05, 0) is 29.2 Å². The highest BCUT2D eigenvalue weighted by Crippen LogP contribution is 2.35. The molecular weight excluding hydrogens is 428 g/mol. The molecule has 1 saturated heterocycles. The maximum atomic E-state index is 10.4. The monoisotopic (exact) mass is 448 g/mol. The highest BCUT2D eigenvalue weighted by atomic mass is 35.5. The van der Waals surface area contributed by atoms with Crippen LogP contribution in [0.1, 0.15) is 36.1 Å². The summed E-state index contributed by atoms with van der Waals surface area (Å²) in [5.74, 6) is 0.512. The van der Waals surface area contributed by atoms with Gasteiger partial charge >= 0.3 is 0 Å². The van der Waals surface area contributed by atoms with Crippen LogP contribution in [0.5, 0.6) is 0 Å². The van der Waals surface area contributed by atoms with Gasteiger partial charge in [-0.3, -0.25) is 0 Å². The third-order valence-electron chi connectivity index (χ3n) is 5.16. The Morgan fingerprint density at radius 2 is 1.87 bits per heavy atom. The number of ether oxygens (including phenoxy) is 1. The van der Waals surface area contributed by atoms with Gasteiger partial charge in [0.05, 0.1) is 6.10 Å². The number of hydrogen-bond acceptors (Lipinski definition) is 9. The van der Waals surface area contributed by atoms with Gasteiger partial charge in [-0.1, -0.05) is 42.0 Å². The normalized spacial score (nSPS) is 26.6. The van der Waals surface area contributed by atoms with Crippen molar-refractivity contribution in [1.82, 2.24) is 20.2 Å². The van der Waals surface area contributed by atoms with Crippen LogP contribution >= 0.6 is 22.9 Å². The first-order valence-electron chi connectivity index (χ1n) is 9.53. The molecule has 1 aromatic carbocycles. The molecule has 3 heterocycles. The lowest BCUT2D eigenvalue weighted by Crippen LogP contribution is -2.53. The Bertz CT molecular complexity index is 987. The third-order valence-corrected chi connectivity index (χ3v) is 6.22. The van der Waals surface area contributed by atoms with Crippen LogP contribution in [0.15, 0.2) is 36.1 Å². The molecule has 8 nitrogen and oxygen atoms in total. The summed E-state index contributed by atoms with van der Waals surface area (Å²) in [5, 5.41) is 39.7. The summed E-state index contributed by atoms with van der Waals surface area (Å²) in [6.07, 6.45) is -0.557. The Kier molecular flexibility index (Phi) is 6.37. The minimum absolute atomic E-state index is 0.480. The van der Waals surface area contributed by atoms with E-state index in [0.717, 1.165) is 11.1 Å². The van der Waals surface area contributed by atoms with Crippen LogP contribution in [0.2, 0.25) is 5.02 Å². The minimum Gasteiger partial charge on any atom is -0.388 e. The molecule has 0 saturated carbocycles. The highest BCUT2D eigenvalue weighted by molar-refractivity contribution is 7.12. The van der Waals surface area contributed by atoms with Gasteiger partial charge in [0.15, 0.2) is 10.8 Å². The number of aliphatic hydroxyl groups excluding tert-OH is 3. The number of halogens is 1. The lowest BCUT2D eigenvalue weighted by Gasteiger charge is -2.40. The van der Waals surface area contributed by atoms with Gasteiger partial charge < -0.3 is 20.1 Å². The number of hydrogen-bond donors (Lipinski definition) is 3. The van der Waals surface area contributed by atoms with Crippen molar-refractivity contribution in [3.63, 3.8) is 0 Å². The summed E-state index contributed by atoms with van der Waals surface area (Å²) >= 11 is 7.76. The van der Waals surface area contributed by atoms with Crippen molar-refractivity contribution < 1.29 is 20.1 Å². The van der Waals surface area contributed by atoms with Gasteiger partial charge in [-0.15, -0.1) is 10.2 Å². The molecule has 0 spiro atoms. The Morgan fingerprint density at radius 3 is 2.53 bits per heavy atom. The SMILES string of the molecule is CC[C@H]1O[C@@H](c2ccc(Cl)c(Cc3cnc(-c4nncs4)nc3)c2)[C@H](O)[C@@H](O)[C@@H]1O. The van der Waals surface area contributed by atoms with Gasteiger partial charge in [0.25, 0.3) is 0 Å². The van der Waals surface area contributed by atoms with E-state index in [2.05, 4.69) is 20.2 Å². The van der Waals surface area contributed by atoms with E-state index in [1.807, 2.05) is 13.0 Å². The van der Waals surface area contributed by atoms with Crippen LogP contribution in [0, 0.1) is 0 Å². The molecule has 3 N–H and O–H groups in total. The Labute approximate surface area is 182 Å². The molecule has 2 aromatic heterocycles. The molecule has 1 aliphatic rings. The molecule has 0 unspecified atom stereocenters. The van der Waals surface area contributed by atoms with E-state index in [9.17, 15) is 15.3 Å². The van der Waals surface area contributed by atoms with Crippen LogP contribution in [-0.2, 0) is 11.2 Å². The van der Waals surface area contributed by atoms with E-state index in [4.69, 9.17) is 16.3 Å². The number of aliphatic hydroxyl groups is 3. The van der Waals surface area contributed by atoms with Crippen molar-refractivity contribution in [3.05, 3.63) is 57.8 Å². The quantitative estimate of drug-likeness (QED) is 0.543. The number of nitrogens with zero attached hydrogens (tertiary/aromatic N) is 4. The zero-order valence-electron chi connectivity index (χ0n) is 16.1. The first-order valence-corrected chi connectivity index (χ1v) is 10.8. The maximum absolute atomic E-state index is 10.4. The van der Waals surface area contributed by atoms with E-state index in [1.165, 1.54) is 11.3 Å². The maximum Gasteiger partial charge on any atom is 0.190 e. The highest BCUT2D eigenvalue weighted by Gasteiger charge is 2.43. The van der Waals surface area contributed by atoms with Crippen molar-refractivity contribution in [2.45, 2.75) is 50.3 Å². The van der Waals surface area contributed by atoms with E-state index in [1.54, 1.807) is 30.0 Å². The summed E-state index contributed by atoms with van der Waals surface area (Å²) in [4.78, 5) is 8.68. The van der Waals surface area contributed by atoms with Crippen molar-refractivity contribution in [2.75, 3.05) is 0 Å². The summed E-state index contributed by atoms with van der Waals surface area (Å²) in [5.41, 5.74) is 3.97. The zero-order valence-corrected chi connectivity index (χ0v) is 17.7. The van der Waals surface area contributed by atoms with Gasteiger partial charge in [-0.25, -0.2) is 9.97 Å². The van der Waals surface area contributed by atoms with E-state index in [-0.39, 0.29) is 0 Å². The summed E-state index contributed by atoms with van der Waals surface area (Å²) in [7, 11) is 0. The Balaban J connectivity index is 1.56. The average molecular weight is 449 g/mol. The van der Waals surface area contributed by atoms with E-state index < -0.39 is 30.5 Å². The number of aromatic nitrogens is 4. The standard InChI is InChI=1S/C20H21ClN4O4S/c1-2-14-15(26)16(27)17(28)18(29-14)11-3-4-13(21)12(6-11)5-10-7-22-19(23-8-10)20-25-24-9-30-20/h3-4,6-9,14-18,26-28H,2,5H2,1H3/t14-,15-,16+,17-,18+/m1/s1. The number of rotatable bonds is 5. The second kappa shape index (κ2) is 9.01.